The minimum Gasteiger partial charge on any atom is -0.469 e. The molecule has 2 aromatic heterocycles. The van der Waals surface area contributed by atoms with E-state index in [9.17, 15) is 19.7 Å². The fraction of sp³-hybridized carbons (Fsp3) is 0.188. The van der Waals surface area contributed by atoms with Gasteiger partial charge in [0, 0.05) is 11.6 Å². The molecule has 0 aliphatic heterocycles. The van der Waals surface area contributed by atoms with Gasteiger partial charge in [-0.05, 0) is 24.3 Å². The van der Waals surface area contributed by atoms with E-state index in [1.165, 1.54) is 24.5 Å². The summed E-state index contributed by atoms with van der Waals surface area (Å²) in [5.74, 6) is -1.98. The van der Waals surface area contributed by atoms with Crippen molar-refractivity contribution in [2.24, 2.45) is 4.99 Å². The van der Waals surface area contributed by atoms with E-state index < -0.39 is 22.7 Å². The summed E-state index contributed by atoms with van der Waals surface area (Å²) in [5.41, 5.74) is 0.741. The summed E-state index contributed by atoms with van der Waals surface area (Å²) >= 11 is 7.21. The number of halogens is 1. The summed E-state index contributed by atoms with van der Waals surface area (Å²) in [7, 11) is 1.29. The summed E-state index contributed by atoms with van der Waals surface area (Å²) in [6, 6.07) is 7.43. The van der Waals surface area contributed by atoms with Gasteiger partial charge < -0.3 is 13.7 Å². The van der Waals surface area contributed by atoms with Gasteiger partial charge in [-0.2, -0.15) is 4.99 Å². The van der Waals surface area contributed by atoms with Crippen molar-refractivity contribution in [2.75, 3.05) is 7.11 Å². The molecule has 0 saturated carbocycles. The normalized spacial score (nSPS) is 11.7. The zero-order valence-corrected chi connectivity index (χ0v) is 15.5. The van der Waals surface area contributed by atoms with Crippen molar-refractivity contribution in [3.8, 4) is 0 Å². The van der Waals surface area contributed by atoms with Gasteiger partial charge in [-0.15, -0.1) is 0 Å². The SMILES string of the molecule is COC(=O)CCn1c(=NC(=O)c2ccc([N+](=O)[O-])o2)sc2cc(Cl)ccc21. The third-order valence-corrected chi connectivity index (χ3v) is 4.87. The highest BCUT2D eigenvalue weighted by molar-refractivity contribution is 7.16. The lowest BCUT2D eigenvalue weighted by Crippen LogP contribution is -2.19. The second-order valence-corrected chi connectivity index (χ2v) is 6.73. The molecule has 0 bridgehead atoms. The number of methoxy groups -OCH3 is 1. The molecule has 0 aliphatic rings. The highest BCUT2D eigenvalue weighted by Crippen LogP contribution is 2.22. The molecule has 27 heavy (non-hydrogen) atoms. The third-order valence-electron chi connectivity index (χ3n) is 3.59. The van der Waals surface area contributed by atoms with Gasteiger partial charge in [0.1, 0.15) is 4.92 Å². The number of hydrogen-bond acceptors (Lipinski definition) is 7. The van der Waals surface area contributed by atoms with Crippen LogP contribution in [0, 0.1) is 10.1 Å². The fourth-order valence-corrected chi connectivity index (χ4v) is 3.67. The van der Waals surface area contributed by atoms with Crippen LogP contribution in [0.15, 0.2) is 39.7 Å². The Morgan fingerprint density at radius 1 is 1.37 bits per heavy atom. The minimum atomic E-state index is -0.771. The average molecular weight is 410 g/mol. The maximum atomic E-state index is 12.3. The molecule has 0 aliphatic carbocycles. The maximum Gasteiger partial charge on any atom is 0.433 e. The quantitative estimate of drug-likeness (QED) is 0.363. The van der Waals surface area contributed by atoms with Gasteiger partial charge in [-0.3, -0.25) is 19.7 Å². The highest BCUT2D eigenvalue weighted by Gasteiger charge is 2.18. The van der Waals surface area contributed by atoms with Crippen LogP contribution in [0.3, 0.4) is 0 Å². The van der Waals surface area contributed by atoms with Gasteiger partial charge in [0.2, 0.25) is 5.76 Å². The third kappa shape index (κ3) is 4.07. The van der Waals surface area contributed by atoms with Crippen molar-refractivity contribution in [1.82, 2.24) is 4.57 Å². The van der Waals surface area contributed by atoms with Gasteiger partial charge in [0.05, 0.1) is 29.8 Å². The lowest BCUT2D eigenvalue weighted by atomic mass is 10.3. The van der Waals surface area contributed by atoms with Crippen LogP contribution in [-0.4, -0.2) is 28.5 Å². The zero-order chi connectivity index (χ0) is 19.6. The molecule has 0 spiro atoms. The maximum absolute atomic E-state index is 12.3. The van der Waals surface area contributed by atoms with E-state index in [1.807, 2.05) is 0 Å². The first-order valence-corrected chi connectivity index (χ1v) is 8.77. The number of nitrogens with zero attached hydrogens (tertiary/aromatic N) is 3. The number of esters is 1. The van der Waals surface area contributed by atoms with Crippen LogP contribution < -0.4 is 4.80 Å². The molecule has 3 rings (SSSR count). The Bertz CT molecular complexity index is 1110. The van der Waals surface area contributed by atoms with Gasteiger partial charge in [0.15, 0.2) is 4.80 Å². The number of furan rings is 1. The Hall–Kier alpha value is -2.98. The average Bonchev–Trinajstić information content (AvgIpc) is 3.24. The predicted molar refractivity (Wildman–Crippen MR) is 96.7 cm³/mol. The number of nitro groups is 1. The number of hydrogen-bond donors (Lipinski definition) is 0. The van der Waals surface area contributed by atoms with E-state index in [1.54, 1.807) is 22.8 Å². The van der Waals surface area contributed by atoms with Gasteiger partial charge in [-0.25, -0.2) is 0 Å². The molecule has 11 heteroatoms. The number of ether oxygens (including phenoxy) is 1. The first-order valence-electron chi connectivity index (χ1n) is 7.58. The molecule has 0 radical (unpaired) electrons. The number of thiazole rings is 1. The molecule has 0 unspecified atom stereocenters. The topological polar surface area (TPSA) is 117 Å². The molecular weight excluding hydrogens is 398 g/mol. The van der Waals surface area contributed by atoms with Crippen LogP contribution in [-0.2, 0) is 16.1 Å². The van der Waals surface area contributed by atoms with E-state index >= 15 is 0 Å². The van der Waals surface area contributed by atoms with Crippen LogP contribution >= 0.6 is 22.9 Å². The standard InChI is InChI=1S/C16H12ClN3O6S/c1-25-14(21)6-7-19-10-3-2-9(17)8-12(10)27-16(19)18-15(22)11-4-5-13(26-11)20(23)24/h2-5,8H,6-7H2,1H3. The Labute approximate surface area is 160 Å². The molecule has 0 fully saturated rings. The summed E-state index contributed by atoms with van der Waals surface area (Å²) in [4.78, 5) is 38.1. The molecule has 0 atom stereocenters. The van der Waals surface area contributed by atoms with Crippen LogP contribution in [0.4, 0.5) is 5.88 Å². The van der Waals surface area contributed by atoms with Crippen LogP contribution in [0.1, 0.15) is 17.0 Å². The second-order valence-electron chi connectivity index (χ2n) is 5.29. The van der Waals surface area contributed by atoms with Crippen LogP contribution in [0.2, 0.25) is 5.02 Å². The Morgan fingerprint density at radius 2 is 2.15 bits per heavy atom. The number of aromatic nitrogens is 1. The lowest BCUT2D eigenvalue weighted by molar-refractivity contribution is -0.402. The number of carbonyl (C=O) groups is 2. The molecule has 1 aromatic carbocycles. The van der Waals surface area contributed by atoms with Crippen LogP contribution in [0.25, 0.3) is 10.2 Å². The summed E-state index contributed by atoms with van der Waals surface area (Å²) in [6.07, 6.45) is 0.0819. The first-order chi connectivity index (χ1) is 12.9. The molecule has 1 amide bonds. The van der Waals surface area contributed by atoms with E-state index in [2.05, 4.69) is 9.73 Å². The lowest BCUT2D eigenvalue weighted by Gasteiger charge is -2.04. The van der Waals surface area contributed by atoms with E-state index in [-0.39, 0.29) is 18.7 Å². The zero-order valence-electron chi connectivity index (χ0n) is 13.9. The number of aryl methyl sites for hydroxylation is 1. The van der Waals surface area contributed by atoms with Crippen LogP contribution in [0.5, 0.6) is 0 Å². The number of carbonyl (C=O) groups excluding carboxylic acids is 2. The van der Waals surface area contributed by atoms with Gasteiger partial charge in [-0.1, -0.05) is 22.9 Å². The minimum absolute atomic E-state index is 0.0819. The monoisotopic (exact) mass is 409 g/mol. The number of rotatable bonds is 5. The summed E-state index contributed by atoms with van der Waals surface area (Å²) in [5, 5.41) is 11.2. The molecule has 140 valence electrons. The van der Waals surface area contributed by atoms with Gasteiger partial charge >= 0.3 is 17.8 Å². The van der Waals surface area contributed by atoms with Gasteiger partial charge in [0.25, 0.3) is 0 Å². The largest absolute Gasteiger partial charge is 0.469 e. The molecule has 9 nitrogen and oxygen atoms in total. The molecule has 2 heterocycles. The van der Waals surface area contributed by atoms with Crippen molar-refractivity contribution < 1.29 is 23.7 Å². The number of amides is 1. The predicted octanol–water partition coefficient (Wildman–Crippen LogP) is 3.16. The Balaban J connectivity index is 2.05. The van der Waals surface area contributed by atoms with E-state index in [4.69, 9.17) is 16.0 Å². The van der Waals surface area contributed by atoms with E-state index in [0.717, 1.165) is 16.3 Å². The smallest absolute Gasteiger partial charge is 0.433 e. The molecule has 0 saturated heterocycles. The Kier molecular flexibility index (Phi) is 5.38. The van der Waals surface area contributed by atoms with Crippen molar-refractivity contribution in [3.05, 3.63) is 56.0 Å². The molecule has 0 N–H and O–H groups in total. The van der Waals surface area contributed by atoms with Crippen molar-refractivity contribution in [2.45, 2.75) is 13.0 Å². The van der Waals surface area contributed by atoms with Crippen molar-refractivity contribution in [1.29, 1.82) is 0 Å². The Morgan fingerprint density at radius 3 is 2.81 bits per heavy atom. The number of fused-ring (bicyclic) bond motifs is 1. The second kappa shape index (κ2) is 7.72. The van der Waals surface area contributed by atoms with E-state index in [0.29, 0.717) is 9.82 Å². The molecule has 3 aromatic rings. The number of benzene rings is 1. The fourth-order valence-electron chi connectivity index (χ4n) is 2.34. The first kappa shape index (κ1) is 18.8. The highest BCUT2D eigenvalue weighted by atomic mass is 35.5. The van der Waals surface area contributed by atoms with Crippen molar-refractivity contribution in [3.63, 3.8) is 0 Å². The van der Waals surface area contributed by atoms with Crippen molar-refractivity contribution >= 4 is 50.9 Å². The summed E-state index contributed by atoms with van der Waals surface area (Å²) in [6.45, 7) is 0.235. The molecular formula is C16H12ClN3O6S. The summed E-state index contributed by atoms with van der Waals surface area (Å²) < 4.78 is 12.0.